The van der Waals surface area contributed by atoms with Crippen LogP contribution in [0.5, 0.6) is 0 Å². The van der Waals surface area contributed by atoms with Crippen molar-refractivity contribution in [3.8, 4) is 0 Å². The maximum Gasteiger partial charge on any atom is 0.225 e. The summed E-state index contributed by atoms with van der Waals surface area (Å²) in [5, 5.41) is 0. The topological polar surface area (TPSA) is 0 Å². The van der Waals surface area contributed by atoms with Crippen LogP contribution in [0.4, 0.5) is 0 Å². The van der Waals surface area contributed by atoms with Gasteiger partial charge in [0.15, 0.2) is 0 Å². The lowest BCUT2D eigenvalue weighted by atomic mass is 10.1. The summed E-state index contributed by atoms with van der Waals surface area (Å²) in [4.78, 5) is 0. The molecule has 4 fully saturated rings. The van der Waals surface area contributed by atoms with Gasteiger partial charge in [0.1, 0.15) is 0 Å². The third kappa shape index (κ3) is 3.99. The first kappa shape index (κ1) is 20.6. The van der Waals surface area contributed by atoms with E-state index in [4.69, 9.17) is 0 Å². The molecule has 4 heterocycles. The lowest BCUT2D eigenvalue weighted by molar-refractivity contribution is -1.43. The van der Waals surface area contributed by atoms with Crippen molar-refractivity contribution in [3.05, 3.63) is 0 Å². The van der Waals surface area contributed by atoms with E-state index < -0.39 is 0 Å². The Morgan fingerprint density at radius 1 is 0.385 bits per heavy atom. The first-order valence-corrected chi connectivity index (χ1v) is 11.9. The molecule has 0 aromatic carbocycles. The zero-order valence-corrected chi connectivity index (χ0v) is 18.5. The van der Waals surface area contributed by atoms with Crippen molar-refractivity contribution in [2.75, 3.05) is 66.2 Å². The first-order valence-electron chi connectivity index (χ1n) is 11.9. The van der Waals surface area contributed by atoms with Gasteiger partial charge in [-0.1, -0.05) is 53.4 Å². The Balaban J connectivity index is 1.93. The summed E-state index contributed by atoms with van der Waals surface area (Å²) < 4.78 is 5.80. The minimum Gasteiger partial charge on any atom is -0.185 e. The van der Waals surface area contributed by atoms with E-state index in [2.05, 4.69) is 27.7 Å². The molecule has 0 spiro atoms. The summed E-state index contributed by atoms with van der Waals surface area (Å²) in [5.74, 6) is 0. The average molecular weight is 369 g/mol. The molecule has 4 saturated heterocycles. The standard InChI is InChI=1S/C22H48N4/c1-5-9-13-23-17-24(14-10-6-2)20-25(18-23,15-11-7-3)22-26(19-23,21-24)16-12-8-4/h5-22H2,1-4H3/q+4. The second-order valence-electron chi connectivity index (χ2n) is 10.5. The van der Waals surface area contributed by atoms with E-state index in [1.807, 2.05) is 0 Å². The number of unbranched alkanes of at least 4 members (excludes halogenated alkanes) is 4. The summed E-state index contributed by atoms with van der Waals surface area (Å²) in [5.41, 5.74) is 0. The zero-order valence-electron chi connectivity index (χ0n) is 18.5. The SMILES string of the molecule is CCCC[N+]12C[N+]3(CCCC)C[N+](CCCC)(C1)C[N+](CCCC)(C2)C3. The van der Waals surface area contributed by atoms with Gasteiger partial charge in [-0.25, -0.2) is 0 Å². The van der Waals surface area contributed by atoms with Gasteiger partial charge in [0.25, 0.3) is 0 Å². The van der Waals surface area contributed by atoms with Crippen LogP contribution in [0.15, 0.2) is 0 Å². The van der Waals surface area contributed by atoms with Gasteiger partial charge in [0.2, 0.25) is 40.0 Å². The van der Waals surface area contributed by atoms with Gasteiger partial charge in [-0.05, 0) is 25.7 Å². The van der Waals surface area contributed by atoms with Gasteiger partial charge >= 0.3 is 0 Å². The number of rotatable bonds is 12. The zero-order chi connectivity index (χ0) is 18.7. The highest BCUT2D eigenvalue weighted by molar-refractivity contribution is 4.56. The molecule has 0 aromatic rings. The van der Waals surface area contributed by atoms with Gasteiger partial charge in [0.05, 0.1) is 26.2 Å². The summed E-state index contributed by atoms with van der Waals surface area (Å²) in [6, 6.07) is 0. The molecule has 0 amide bonds. The molecule has 0 aliphatic carbocycles. The molecule has 152 valence electrons. The van der Waals surface area contributed by atoms with Crippen LogP contribution >= 0.6 is 0 Å². The molecule has 4 heteroatoms. The van der Waals surface area contributed by atoms with Gasteiger partial charge in [-0.2, -0.15) is 17.9 Å². The normalized spacial score (nSPS) is 41.1. The molecule has 4 nitrogen and oxygen atoms in total. The third-order valence-electron chi connectivity index (χ3n) is 7.54. The minimum atomic E-state index is 1.36. The molecule has 4 rings (SSSR count). The first-order chi connectivity index (χ1) is 12.5. The second-order valence-corrected chi connectivity index (χ2v) is 10.5. The summed E-state index contributed by atoms with van der Waals surface area (Å²) in [7, 11) is 0. The number of hydrogen-bond acceptors (Lipinski definition) is 0. The highest BCUT2D eigenvalue weighted by Gasteiger charge is 2.71. The fourth-order valence-electron chi connectivity index (χ4n) is 7.18. The molecule has 0 unspecified atom stereocenters. The van der Waals surface area contributed by atoms with Gasteiger partial charge in [-0.3, -0.25) is 0 Å². The van der Waals surface area contributed by atoms with Crippen molar-refractivity contribution >= 4 is 0 Å². The predicted molar refractivity (Wildman–Crippen MR) is 109 cm³/mol. The Morgan fingerprint density at radius 2 is 0.577 bits per heavy atom. The van der Waals surface area contributed by atoms with E-state index >= 15 is 0 Å². The van der Waals surface area contributed by atoms with Crippen LogP contribution in [0, 0.1) is 0 Å². The highest BCUT2D eigenvalue weighted by Crippen LogP contribution is 2.44. The molecule has 0 N–H and O–H groups in total. The fraction of sp³-hybridized carbons (Fsp3) is 1.00. The molecular formula is C22H48N4+4. The fourth-order valence-corrected chi connectivity index (χ4v) is 7.18. The van der Waals surface area contributed by atoms with Crippen LogP contribution in [0.1, 0.15) is 79.1 Å². The maximum atomic E-state index is 2.38. The van der Waals surface area contributed by atoms with Crippen molar-refractivity contribution in [2.45, 2.75) is 79.1 Å². The molecule has 0 atom stereocenters. The van der Waals surface area contributed by atoms with E-state index in [9.17, 15) is 0 Å². The van der Waals surface area contributed by atoms with Crippen LogP contribution in [0.2, 0.25) is 0 Å². The van der Waals surface area contributed by atoms with E-state index in [1.54, 1.807) is 0 Å². The van der Waals surface area contributed by atoms with Crippen molar-refractivity contribution < 1.29 is 17.9 Å². The van der Waals surface area contributed by atoms with Crippen molar-refractivity contribution in [1.82, 2.24) is 0 Å². The predicted octanol–water partition coefficient (Wildman–Crippen LogP) is 4.24. The minimum absolute atomic E-state index is 1.36. The van der Waals surface area contributed by atoms with E-state index in [0.717, 1.165) is 0 Å². The summed E-state index contributed by atoms with van der Waals surface area (Å²) >= 11 is 0. The largest absolute Gasteiger partial charge is 0.225 e. The molecule has 26 heavy (non-hydrogen) atoms. The van der Waals surface area contributed by atoms with E-state index in [0.29, 0.717) is 0 Å². The van der Waals surface area contributed by atoms with Crippen LogP contribution in [-0.2, 0) is 0 Å². The highest BCUT2D eigenvalue weighted by atomic mass is 15.9. The lowest BCUT2D eigenvalue weighted by Crippen LogP contribution is -2.95. The molecule has 4 aliphatic rings. The lowest BCUT2D eigenvalue weighted by Gasteiger charge is -2.68. The molecule has 4 aliphatic heterocycles. The molecule has 0 aromatic heterocycles. The molecule has 0 saturated carbocycles. The maximum absolute atomic E-state index is 2.38. The Bertz CT molecular complexity index is 344. The average Bonchev–Trinajstić information content (AvgIpc) is 2.60. The van der Waals surface area contributed by atoms with Crippen molar-refractivity contribution in [1.29, 1.82) is 0 Å². The van der Waals surface area contributed by atoms with Gasteiger partial charge in [0, 0.05) is 0 Å². The quantitative estimate of drug-likeness (QED) is 0.452. The van der Waals surface area contributed by atoms with Gasteiger partial charge in [-0.15, -0.1) is 0 Å². The second kappa shape index (κ2) is 8.06. The van der Waals surface area contributed by atoms with Gasteiger partial charge < -0.3 is 0 Å². The number of quaternary nitrogens is 4. The third-order valence-corrected chi connectivity index (χ3v) is 7.54. The molecular weight excluding hydrogens is 320 g/mol. The van der Waals surface area contributed by atoms with Crippen LogP contribution in [0.3, 0.4) is 0 Å². The van der Waals surface area contributed by atoms with Crippen LogP contribution < -0.4 is 0 Å². The summed E-state index contributed by atoms with van der Waals surface area (Å²) in [6.07, 6.45) is 11.1. The Kier molecular flexibility index (Phi) is 6.38. The van der Waals surface area contributed by atoms with E-state index in [-0.39, 0.29) is 0 Å². The number of nitrogens with zero attached hydrogens (tertiary/aromatic N) is 4. The Hall–Kier alpha value is -0.160. The molecule has 4 bridgehead atoms. The van der Waals surface area contributed by atoms with E-state index in [1.165, 1.54) is 135 Å². The van der Waals surface area contributed by atoms with Crippen LogP contribution in [0.25, 0.3) is 0 Å². The molecule has 0 radical (unpaired) electrons. The smallest absolute Gasteiger partial charge is 0.185 e. The van der Waals surface area contributed by atoms with Crippen molar-refractivity contribution in [2.24, 2.45) is 0 Å². The summed E-state index contributed by atoms with van der Waals surface area (Å²) in [6.45, 7) is 24.1. The van der Waals surface area contributed by atoms with Crippen LogP contribution in [-0.4, -0.2) is 84.1 Å². The Morgan fingerprint density at radius 3 is 0.731 bits per heavy atom. The Labute approximate surface area is 163 Å². The van der Waals surface area contributed by atoms with Crippen molar-refractivity contribution in [3.63, 3.8) is 0 Å². The number of hydrogen-bond donors (Lipinski definition) is 0. The monoisotopic (exact) mass is 368 g/mol.